The fourth-order valence-corrected chi connectivity index (χ4v) is 3.40. The molecular formula is C21H26N2O2. The molecule has 3 rings (SSSR count). The maximum absolute atomic E-state index is 12.5. The third-order valence-electron chi connectivity index (χ3n) is 5.15. The molecule has 1 heterocycles. The van der Waals surface area contributed by atoms with E-state index in [9.17, 15) is 9.90 Å². The summed E-state index contributed by atoms with van der Waals surface area (Å²) in [4.78, 5) is 16.8. The largest absolute Gasteiger partial charge is 0.508 e. The van der Waals surface area contributed by atoms with Crippen molar-refractivity contribution in [1.29, 1.82) is 0 Å². The highest BCUT2D eigenvalue weighted by atomic mass is 16.3. The molecule has 1 aliphatic heterocycles. The number of benzene rings is 2. The van der Waals surface area contributed by atoms with Crippen LogP contribution in [0.3, 0.4) is 0 Å². The number of rotatable bonds is 4. The average molecular weight is 338 g/mol. The van der Waals surface area contributed by atoms with Crippen LogP contribution in [0.4, 0.5) is 5.69 Å². The number of phenolic OH excluding ortho intramolecular Hbond substituents is 1. The molecule has 0 saturated carbocycles. The molecule has 2 aromatic carbocycles. The lowest BCUT2D eigenvalue weighted by Gasteiger charge is -2.37. The Kier molecular flexibility index (Phi) is 5.27. The molecular weight excluding hydrogens is 312 g/mol. The molecule has 0 radical (unpaired) electrons. The summed E-state index contributed by atoms with van der Waals surface area (Å²) in [5.41, 5.74) is 4.74. The first kappa shape index (κ1) is 17.3. The van der Waals surface area contributed by atoms with Gasteiger partial charge in [-0.3, -0.25) is 4.79 Å². The first-order chi connectivity index (χ1) is 12.1. The maximum Gasteiger partial charge on any atom is 0.223 e. The second-order valence-corrected chi connectivity index (χ2v) is 6.72. The van der Waals surface area contributed by atoms with Gasteiger partial charge >= 0.3 is 0 Å². The standard InChI is InChI=1S/C21H26N2O2/c1-16-6-5-8-19(17(16)2)22-12-14-23(15-13-22)21(25)11-10-18-7-3-4-9-20(18)24/h3-9,24H,10-15H2,1-2H3. The van der Waals surface area contributed by atoms with Gasteiger partial charge in [-0.2, -0.15) is 0 Å². The summed E-state index contributed by atoms with van der Waals surface area (Å²) in [7, 11) is 0. The van der Waals surface area contributed by atoms with E-state index >= 15 is 0 Å². The predicted octanol–water partition coefficient (Wildman–Crippen LogP) is 3.29. The third kappa shape index (κ3) is 3.95. The molecule has 1 N–H and O–H groups in total. The molecule has 1 fully saturated rings. The summed E-state index contributed by atoms with van der Waals surface area (Å²) < 4.78 is 0. The van der Waals surface area contributed by atoms with Crippen LogP contribution >= 0.6 is 0 Å². The van der Waals surface area contributed by atoms with Crippen LogP contribution in [-0.4, -0.2) is 42.1 Å². The summed E-state index contributed by atoms with van der Waals surface area (Å²) in [5, 5.41) is 9.81. The topological polar surface area (TPSA) is 43.8 Å². The summed E-state index contributed by atoms with van der Waals surface area (Å²) in [6, 6.07) is 13.6. The van der Waals surface area contributed by atoms with Crippen LogP contribution in [0.25, 0.3) is 0 Å². The van der Waals surface area contributed by atoms with Crippen molar-refractivity contribution >= 4 is 11.6 Å². The highest BCUT2D eigenvalue weighted by Crippen LogP contribution is 2.24. The van der Waals surface area contributed by atoms with E-state index in [0.717, 1.165) is 31.7 Å². The van der Waals surface area contributed by atoms with Crippen LogP contribution in [0.2, 0.25) is 0 Å². The van der Waals surface area contributed by atoms with Crippen LogP contribution in [-0.2, 0) is 11.2 Å². The Morgan fingerprint density at radius 3 is 2.44 bits per heavy atom. The minimum absolute atomic E-state index is 0.170. The normalized spacial score (nSPS) is 14.6. The van der Waals surface area contributed by atoms with Crippen molar-refractivity contribution in [2.75, 3.05) is 31.1 Å². The summed E-state index contributed by atoms with van der Waals surface area (Å²) >= 11 is 0. The Bertz CT molecular complexity index is 749. The van der Waals surface area contributed by atoms with Crippen LogP contribution in [0.1, 0.15) is 23.1 Å². The molecule has 0 spiro atoms. The van der Waals surface area contributed by atoms with Crippen molar-refractivity contribution in [3.8, 4) is 5.75 Å². The lowest BCUT2D eigenvalue weighted by molar-refractivity contribution is -0.131. The van der Waals surface area contributed by atoms with Crippen molar-refractivity contribution in [3.63, 3.8) is 0 Å². The monoisotopic (exact) mass is 338 g/mol. The van der Waals surface area contributed by atoms with Crippen LogP contribution < -0.4 is 4.90 Å². The molecule has 132 valence electrons. The minimum atomic E-state index is 0.170. The molecule has 25 heavy (non-hydrogen) atoms. The quantitative estimate of drug-likeness (QED) is 0.930. The molecule has 4 nitrogen and oxygen atoms in total. The van der Waals surface area contributed by atoms with E-state index in [1.165, 1.54) is 16.8 Å². The van der Waals surface area contributed by atoms with Crippen molar-refractivity contribution in [1.82, 2.24) is 4.90 Å². The van der Waals surface area contributed by atoms with Gasteiger partial charge in [0.15, 0.2) is 0 Å². The van der Waals surface area contributed by atoms with Gasteiger partial charge < -0.3 is 14.9 Å². The van der Waals surface area contributed by atoms with Gasteiger partial charge in [0.1, 0.15) is 5.75 Å². The van der Waals surface area contributed by atoms with Gasteiger partial charge in [-0.15, -0.1) is 0 Å². The highest BCUT2D eigenvalue weighted by Gasteiger charge is 2.22. The molecule has 1 amide bonds. The van der Waals surface area contributed by atoms with Crippen molar-refractivity contribution < 1.29 is 9.90 Å². The number of piperazine rings is 1. The number of anilines is 1. The first-order valence-electron chi connectivity index (χ1n) is 8.92. The molecule has 0 aliphatic carbocycles. The second-order valence-electron chi connectivity index (χ2n) is 6.72. The van der Waals surface area contributed by atoms with E-state index in [-0.39, 0.29) is 11.7 Å². The fourth-order valence-electron chi connectivity index (χ4n) is 3.40. The minimum Gasteiger partial charge on any atom is -0.508 e. The SMILES string of the molecule is Cc1cccc(N2CCN(C(=O)CCc3ccccc3O)CC2)c1C. The van der Waals surface area contributed by atoms with E-state index in [0.29, 0.717) is 12.8 Å². The Hall–Kier alpha value is -2.49. The number of carbonyl (C=O) groups excluding carboxylic acids is 1. The molecule has 1 saturated heterocycles. The van der Waals surface area contributed by atoms with E-state index in [2.05, 4.69) is 36.9 Å². The molecule has 2 aromatic rings. The van der Waals surface area contributed by atoms with Crippen LogP contribution in [0.5, 0.6) is 5.75 Å². The zero-order valence-corrected chi connectivity index (χ0v) is 15.0. The molecule has 0 bridgehead atoms. The van der Waals surface area contributed by atoms with Gasteiger partial charge in [-0.05, 0) is 49.1 Å². The number of phenols is 1. The average Bonchev–Trinajstić information content (AvgIpc) is 2.63. The molecule has 4 heteroatoms. The Morgan fingerprint density at radius 1 is 1.00 bits per heavy atom. The second kappa shape index (κ2) is 7.60. The van der Waals surface area contributed by atoms with E-state index in [4.69, 9.17) is 0 Å². The van der Waals surface area contributed by atoms with E-state index < -0.39 is 0 Å². The van der Waals surface area contributed by atoms with E-state index in [1.54, 1.807) is 12.1 Å². The zero-order chi connectivity index (χ0) is 17.8. The fraction of sp³-hybridized carbons (Fsp3) is 0.381. The summed E-state index contributed by atoms with van der Waals surface area (Å²) in [5.74, 6) is 0.443. The highest BCUT2D eigenvalue weighted by molar-refractivity contribution is 5.77. The van der Waals surface area contributed by atoms with Crippen molar-refractivity contribution in [3.05, 3.63) is 59.2 Å². The smallest absolute Gasteiger partial charge is 0.223 e. The molecule has 0 aromatic heterocycles. The van der Waals surface area contributed by atoms with Crippen LogP contribution in [0, 0.1) is 13.8 Å². The first-order valence-corrected chi connectivity index (χ1v) is 8.92. The maximum atomic E-state index is 12.5. The van der Waals surface area contributed by atoms with Gasteiger partial charge in [0.05, 0.1) is 0 Å². The number of carbonyl (C=O) groups is 1. The number of hydrogen-bond acceptors (Lipinski definition) is 3. The van der Waals surface area contributed by atoms with Gasteiger partial charge in [-0.25, -0.2) is 0 Å². The molecule has 1 aliphatic rings. The lowest BCUT2D eigenvalue weighted by Crippen LogP contribution is -2.49. The van der Waals surface area contributed by atoms with Gasteiger partial charge in [-0.1, -0.05) is 30.3 Å². The Morgan fingerprint density at radius 2 is 1.72 bits per heavy atom. The van der Waals surface area contributed by atoms with Crippen LogP contribution in [0.15, 0.2) is 42.5 Å². The number of hydrogen-bond donors (Lipinski definition) is 1. The van der Waals surface area contributed by atoms with Gasteiger partial charge in [0.2, 0.25) is 5.91 Å². The number of para-hydroxylation sites is 1. The number of aromatic hydroxyl groups is 1. The van der Waals surface area contributed by atoms with Gasteiger partial charge in [0, 0.05) is 38.3 Å². The zero-order valence-electron chi connectivity index (χ0n) is 15.0. The Labute approximate surface area is 149 Å². The van der Waals surface area contributed by atoms with E-state index in [1.807, 2.05) is 17.0 Å². The summed E-state index contributed by atoms with van der Waals surface area (Å²) in [6.07, 6.45) is 1.03. The number of nitrogens with zero attached hydrogens (tertiary/aromatic N) is 2. The number of amides is 1. The van der Waals surface area contributed by atoms with Crippen molar-refractivity contribution in [2.45, 2.75) is 26.7 Å². The predicted molar refractivity (Wildman–Crippen MR) is 101 cm³/mol. The van der Waals surface area contributed by atoms with Crippen molar-refractivity contribution in [2.24, 2.45) is 0 Å². The third-order valence-corrected chi connectivity index (χ3v) is 5.15. The Balaban J connectivity index is 1.54. The summed E-state index contributed by atoms with van der Waals surface area (Å²) in [6.45, 7) is 7.55. The van der Waals surface area contributed by atoms with Gasteiger partial charge in [0.25, 0.3) is 0 Å². The lowest BCUT2D eigenvalue weighted by atomic mass is 10.1. The molecule has 0 unspecified atom stereocenters. The molecule has 0 atom stereocenters. The number of aryl methyl sites for hydroxylation is 2.